The highest BCUT2D eigenvalue weighted by molar-refractivity contribution is 9.10. The van der Waals surface area contributed by atoms with Crippen LogP contribution in [0.25, 0.3) is 0 Å². The molecule has 0 spiro atoms. The van der Waals surface area contributed by atoms with E-state index in [2.05, 4.69) is 40.3 Å². The second-order valence-electron chi connectivity index (χ2n) is 4.41. The predicted molar refractivity (Wildman–Crippen MR) is 82.3 cm³/mol. The van der Waals surface area contributed by atoms with Gasteiger partial charge in [-0.15, -0.1) is 0 Å². The number of rotatable bonds is 4. The molecule has 98 valence electrons. The van der Waals surface area contributed by atoms with Crippen LogP contribution < -0.4 is 5.32 Å². The highest BCUT2D eigenvalue weighted by atomic mass is 79.9. The van der Waals surface area contributed by atoms with Crippen molar-refractivity contribution in [1.29, 1.82) is 0 Å². The van der Waals surface area contributed by atoms with E-state index in [0.29, 0.717) is 6.42 Å². The summed E-state index contributed by atoms with van der Waals surface area (Å²) >= 11 is 3.38. The van der Waals surface area contributed by atoms with E-state index in [1.807, 2.05) is 36.4 Å². The predicted octanol–water partition coefficient (Wildman–Crippen LogP) is 4.19. The molecule has 2 nitrogen and oxygen atoms in total. The van der Waals surface area contributed by atoms with Gasteiger partial charge in [0.05, 0.1) is 6.42 Å². The number of halogens is 1. The minimum atomic E-state index is 0.00217. The van der Waals surface area contributed by atoms with E-state index in [4.69, 9.17) is 0 Å². The first-order valence-electron chi connectivity index (χ1n) is 6.30. The molecule has 2 aromatic carbocycles. The Kier molecular flexibility index (Phi) is 4.74. The Morgan fingerprint density at radius 1 is 1.11 bits per heavy atom. The van der Waals surface area contributed by atoms with Gasteiger partial charge in [0.2, 0.25) is 5.91 Å². The van der Waals surface area contributed by atoms with Gasteiger partial charge in [-0.1, -0.05) is 53.2 Å². The van der Waals surface area contributed by atoms with Crippen molar-refractivity contribution < 1.29 is 4.79 Å². The van der Waals surface area contributed by atoms with Crippen LogP contribution in [0.4, 0.5) is 5.69 Å². The molecule has 0 atom stereocenters. The van der Waals surface area contributed by atoms with Gasteiger partial charge in [-0.25, -0.2) is 0 Å². The van der Waals surface area contributed by atoms with Crippen molar-refractivity contribution in [1.82, 2.24) is 0 Å². The van der Waals surface area contributed by atoms with E-state index in [0.717, 1.165) is 22.1 Å². The minimum absolute atomic E-state index is 0.00217. The summed E-state index contributed by atoms with van der Waals surface area (Å²) in [4.78, 5) is 11.9. The van der Waals surface area contributed by atoms with Crippen LogP contribution in [0, 0.1) is 0 Å². The SMILES string of the molecule is CCc1ccc(CC(=O)Nc2cccc(Br)c2)cc1. The Morgan fingerprint density at radius 3 is 2.42 bits per heavy atom. The molecule has 19 heavy (non-hydrogen) atoms. The van der Waals surface area contributed by atoms with Gasteiger partial charge in [0.1, 0.15) is 0 Å². The Balaban J connectivity index is 1.97. The summed E-state index contributed by atoms with van der Waals surface area (Å²) in [6, 6.07) is 15.8. The number of anilines is 1. The number of hydrogen-bond donors (Lipinski definition) is 1. The maximum atomic E-state index is 11.9. The molecular weight excluding hydrogens is 302 g/mol. The lowest BCUT2D eigenvalue weighted by Gasteiger charge is -2.06. The van der Waals surface area contributed by atoms with Crippen LogP contribution >= 0.6 is 15.9 Å². The Hall–Kier alpha value is -1.61. The standard InChI is InChI=1S/C16H16BrNO/c1-2-12-6-8-13(9-7-12)10-16(19)18-15-5-3-4-14(17)11-15/h3-9,11H,2,10H2,1H3,(H,18,19). The molecule has 0 unspecified atom stereocenters. The van der Waals surface area contributed by atoms with Crippen molar-refractivity contribution in [3.63, 3.8) is 0 Å². The van der Waals surface area contributed by atoms with Gasteiger partial charge in [-0.05, 0) is 35.7 Å². The summed E-state index contributed by atoms with van der Waals surface area (Å²) in [5.74, 6) is 0.00217. The van der Waals surface area contributed by atoms with Crippen molar-refractivity contribution >= 4 is 27.5 Å². The molecule has 2 rings (SSSR count). The van der Waals surface area contributed by atoms with Crippen molar-refractivity contribution in [3.8, 4) is 0 Å². The number of benzene rings is 2. The van der Waals surface area contributed by atoms with Crippen molar-refractivity contribution in [2.24, 2.45) is 0 Å². The summed E-state index contributed by atoms with van der Waals surface area (Å²) in [7, 11) is 0. The molecule has 0 saturated carbocycles. The van der Waals surface area contributed by atoms with Gasteiger partial charge >= 0.3 is 0 Å². The molecular formula is C16H16BrNO. The number of amides is 1. The summed E-state index contributed by atoms with van der Waals surface area (Å²) in [6.07, 6.45) is 1.42. The summed E-state index contributed by atoms with van der Waals surface area (Å²) in [5.41, 5.74) is 3.13. The average molecular weight is 318 g/mol. The molecule has 1 amide bonds. The topological polar surface area (TPSA) is 29.1 Å². The summed E-state index contributed by atoms with van der Waals surface area (Å²) in [5, 5.41) is 2.89. The first kappa shape index (κ1) is 13.8. The van der Waals surface area contributed by atoms with Crippen molar-refractivity contribution in [3.05, 3.63) is 64.1 Å². The van der Waals surface area contributed by atoms with E-state index in [9.17, 15) is 4.79 Å². The van der Waals surface area contributed by atoms with Gasteiger partial charge in [0.25, 0.3) is 0 Å². The van der Waals surface area contributed by atoms with Crippen molar-refractivity contribution in [2.75, 3.05) is 5.32 Å². The third-order valence-corrected chi connectivity index (χ3v) is 3.40. The zero-order valence-electron chi connectivity index (χ0n) is 10.8. The third-order valence-electron chi connectivity index (χ3n) is 2.90. The molecule has 0 aromatic heterocycles. The van der Waals surface area contributed by atoms with E-state index < -0.39 is 0 Å². The smallest absolute Gasteiger partial charge is 0.228 e. The average Bonchev–Trinajstić information content (AvgIpc) is 2.39. The van der Waals surface area contributed by atoms with Crippen LogP contribution in [-0.2, 0) is 17.6 Å². The quantitative estimate of drug-likeness (QED) is 0.900. The van der Waals surface area contributed by atoms with E-state index >= 15 is 0 Å². The maximum Gasteiger partial charge on any atom is 0.228 e. The molecule has 2 aromatic rings. The summed E-state index contributed by atoms with van der Waals surface area (Å²) < 4.78 is 0.956. The van der Waals surface area contributed by atoms with Crippen molar-refractivity contribution in [2.45, 2.75) is 19.8 Å². The van der Waals surface area contributed by atoms with Crippen LogP contribution in [0.3, 0.4) is 0 Å². The molecule has 0 bridgehead atoms. The highest BCUT2D eigenvalue weighted by Gasteiger charge is 2.04. The molecule has 0 fully saturated rings. The third kappa shape index (κ3) is 4.21. The van der Waals surface area contributed by atoms with E-state index in [1.165, 1.54) is 5.56 Å². The molecule has 0 saturated heterocycles. The molecule has 0 aliphatic rings. The van der Waals surface area contributed by atoms with E-state index in [1.54, 1.807) is 0 Å². The Bertz CT molecular complexity index is 563. The second-order valence-corrected chi connectivity index (χ2v) is 5.32. The van der Waals surface area contributed by atoms with Crippen LogP contribution in [0.15, 0.2) is 53.0 Å². The van der Waals surface area contributed by atoms with Gasteiger partial charge in [0, 0.05) is 10.2 Å². The first-order valence-corrected chi connectivity index (χ1v) is 7.10. The van der Waals surface area contributed by atoms with Crippen LogP contribution in [0.1, 0.15) is 18.1 Å². The van der Waals surface area contributed by atoms with E-state index in [-0.39, 0.29) is 5.91 Å². The zero-order chi connectivity index (χ0) is 13.7. The van der Waals surface area contributed by atoms with Gasteiger partial charge in [0.15, 0.2) is 0 Å². The van der Waals surface area contributed by atoms with Gasteiger partial charge in [-0.3, -0.25) is 4.79 Å². The fourth-order valence-electron chi connectivity index (χ4n) is 1.85. The number of aryl methyl sites for hydroxylation is 1. The monoisotopic (exact) mass is 317 g/mol. The minimum Gasteiger partial charge on any atom is -0.326 e. The largest absolute Gasteiger partial charge is 0.326 e. The molecule has 0 heterocycles. The normalized spacial score (nSPS) is 10.2. The lowest BCUT2D eigenvalue weighted by Crippen LogP contribution is -2.14. The number of hydrogen-bond acceptors (Lipinski definition) is 1. The second kappa shape index (κ2) is 6.53. The van der Waals surface area contributed by atoms with Crippen LogP contribution in [0.5, 0.6) is 0 Å². The van der Waals surface area contributed by atoms with Gasteiger partial charge in [-0.2, -0.15) is 0 Å². The fraction of sp³-hybridized carbons (Fsp3) is 0.188. The Labute approximate surface area is 122 Å². The molecule has 0 aliphatic heterocycles. The fourth-order valence-corrected chi connectivity index (χ4v) is 2.25. The molecule has 1 N–H and O–H groups in total. The highest BCUT2D eigenvalue weighted by Crippen LogP contribution is 2.16. The number of carbonyl (C=O) groups is 1. The maximum absolute atomic E-state index is 11.9. The van der Waals surface area contributed by atoms with Gasteiger partial charge < -0.3 is 5.32 Å². The Morgan fingerprint density at radius 2 is 1.79 bits per heavy atom. The summed E-state index contributed by atoms with van der Waals surface area (Å²) in [6.45, 7) is 2.12. The van der Waals surface area contributed by atoms with Crippen LogP contribution in [0.2, 0.25) is 0 Å². The lowest BCUT2D eigenvalue weighted by molar-refractivity contribution is -0.115. The first-order chi connectivity index (χ1) is 9.17. The zero-order valence-corrected chi connectivity index (χ0v) is 12.4. The molecule has 0 aliphatic carbocycles. The van der Waals surface area contributed by atoms with Crippen LogP contribution in [-0.4, -0.2) is 5.91 Å². The number of carbonyl (C=O) groups excluding carboxylic acids is 1. The lowest BCUT2D eigenvalue weighted by atomic mass is 10.1. The molecule has 3 heteroatoms. The number of nitrogens with one attached hydrogen (secondary N) is 1. The molecule has 0 radical (unpaired) electrons.